The number of nitrogens with zero attached hydrogens (tertiary/aromatic N) is 3. The van der Waals surface area contributed by atoms with E-state index in [2.05, 4.69) is 15.0 Å². The first kappa shape index (κ1) is 23.0. The summed E-state index contributed by atoms with van der Waals surface area (Å²) in [5, 5.41) is 4.93. The van der Waals surface area contributed by atoms with Gasteiger partial charge in [-0.2, -0.15) is 0 Å². The van der Waals surface area contributed by atoms with Crippen molar-refractivity contribution in [1.82, 2.24) is 14.3 Å². The van der Waals surface area contributed by atoms with Crippen LogP contribution in [0, 0.1) is 12.7 Å². The van der Waals surface area contributed by atoms with Crippen molar-refractivity contribution in [3.05, 3.63) is 50.2 Å². The highest BCUT2D eigenvalue weighted by Gasteiger charge is 2.32. The summed E-state index contributed by atoms with van der Waals surface area (Å²) in [6.07, 6.45) is -5.03. The molecule has 0 aliphatic carbocycles. The first-order valence-electron chi connectivity index (χ1n) is 9.39. The zero-order chi connectivity index (χ0) is 24.1. The van der Waals surface area contributed by atoms with Gasteiger partial charge in [0.05, 0.1) is 17.5 Å². The molecule has 0 fully saturated rings. The van der Waals surface area contributed by atoms with Gasteiger partial charge in [-0.3, -0.25) is 19.0 Å². The molecule has 0 unspecified atom stereocenters. The van der Waals surface area contributed by atoms with Crippen molar-refractivity contribution in [3.8, 4) is 17.0 Å². The van der Waals surface area contributed by atoms with Gasteiger partial charge in [-0.15, -0.1) is 35.8 Å². The van der Waals surface area contributed by atoms with Crippen LogP contribution < -0.4 is 15.6 Å². The molecule has 7 nitrogen and oxygen atoms in total. The second kappa shape index (κ2) is 8.30. The molecule has 1 aromatic carbocycles. The van der Waals surface area contributed by atoms with Crippen LogP contribution in [0.2, 0.25) is 0 Å². The SMILES string of the molecule is Cc1sc2c(c1CC(=O)Nc1nc(-c3ccc(OC(F)(F)F)c(F)c3)cs1)c(=O)n(C)n2C. The first-order chi connectivity index (χ1) is 15.4. The number of hydrogen-bond donors (Lipinski definition) is 1. The summed E-state index contributed by atoms with van der Waals surface area (Å²) in [5.41, 5.74) is 0.963. The number of anilines is 1. The fourth-order valence-electron chi connectivity index (χ4n) is 3.31. The van der Waals surface area contributed by atoms with Crippen molar-refractivity contribution in [2.45, 2.75) is 19.7 Å². The number of alkyl halides is 3. The van der Waals surface area contributed by atoms with Gasteiger partial charge < -0.3 is 10.1 Å². The van der Waals surface area contributed by atoms with E-state index in [0.29, 0.717) is 10.9 Å². The second-order valence-electron chi connectivity index (χ2n) is 7.13. The van der Waals surface area contributed by atoms with Crippen LogP contribution in [0.1, 0.15) is 10.4 Å². The first-order valence-corrected chi connectivity index (χ1v) is 11.1. The molecule has 3 aromatic heterocycles. The molecule has 174 valence electrons. The average molecular weight is 500 g/mol. The van der Waals surface area contributed by atoms with Crippen molar-refractivity contribution in [2.75, 3.05) is 5.32 Å². The largest absolute Gasteiger partial charge is 0.573 e. The molecule has 13 heteroatoms. The molecule has 1 N–H and O–H groups in total. The molecule has 0 aliphatic rings. The maximum atomic E-state index is 14.0. The van der Waals surface area contributed by atoms with Crippen LogP contribution in [0.5, 0.6) is 5.75 Å². The standard InChI is InChI=1S/C20H16F4N4O3S2/c1-9-11(16-17(30)27(2)28(3)18(16)33-9)7-15(29)26-19-25-13(8-32-19)10-4-5-14(12(21)6-10)31-20(22,23)24/h4-6,8H,7H2,1-3H3,(H,25,26,29). The highest BCUT2D eigenvalue weighted by atomic mass is 32.1. The Morgan fingerprint density at radius 2 is 1.97 bits per heavy atom. The number of thiazole rings is 1. The van der Waals surface area contributed by atoms with Crippen molar-refractivity contribution < 1.29 is 27.1 Å². The van der Waals surface area contributed by atoms with Crippen LogP contribution in [0.3, 0.4) is 0 Å². The van der Waals surface area contributed by atoms with Gasteiger partial charge in [-0.1, -0.05) is 0 Å². The molecule has 3 heterocycles. The molecule has 4 aromatic rings. The molecule has 0 aliphatic heterocycles. The number of amides is 1. The minimum Gasteiger partial charge on any atom is -0.403 e. The molecule has 4 rings (SSSR count). The summed E-state index contributed by atoms with van der Waals surface area (Å²) in [7, 11) is 3.42. The summed E-state index contributed by atoms with van der Waals surface area (Å²) < 4.78 is 57.7. The van der Waals surface area contributed by atoms with Gasteiger partial charge in [0.1, 0.15) is 4.83 Å². The topological polar surface area (TPSA) is 78.2 Å². The number of fused-ring (bicyclic) bond motifs is 1. The zero-order valence-corrected chi connectivity index (χ0v) is 19.0. The van der Waals surface area contributed by atoms with E-state index < -0.39 is 17.9 Å². The van der Waals surface area contributed by atoms with Gasteiger partial charge in [-0.05, 0) is 30.7 Å². The number of nitrogens with one attached hydrogen (secondary N) is 1. The van der Waals surface area contributed by atoms with Gasteiger partial charge in [0.25, 0.3) is 5.56 Å². The number of benzene rings is 1. The molecule has 0 spiro atoms. The lowest BCUT2D eigenvalue weighted by molar-refractivity contribution is -0.275. The van der Waals surface area contributed by atoms with E-state index in [0.717, 1.165) is 33.2 Å². The zero-order valence-electron chi connectivity index (χ0n) is 17.4. The number of carbonyl (C=O) groups excluding carboxylic acids is 1. The predicted molar refractivity (Wildman–Crippen MR) is 117 cm³/mol. The van der Waals surface area contributed by atoms with E-state index >= 15 is 0 Å². The third-order valence-electron chi connectivity index (χ3n) is 4.98. The summed E-state index contributed by atoms with van der Waals surface area (Å²) in [6, 6.07) is 2.97. The highest BCUT2D eigenvalue weighted by molar-refractivity contribution is 7.18. The smallest absolute Gasteiger partial charge is 0.403 e. The number of hydrogen-bond acceptors (Lipinski definition) is 6. The van der Waals surface area contributed by atoms with Gasteiger partial charge in [-0.25, -0.2) is 9.37 Å². The number of ether oxygens (including phenoxy) is 1. The molecule has 0 atom stereocenters. The molecule has 1 amide bonds. The quantitative estimate of drug-likeness (QED) is 0.407. The lowest BCUT2D eigenvalue weighted by Gasteiger charge is -2.10. The molecule has 33 heavy (non-hydrogen) atoms. The lowest BCUT2D eigenvalue weighted by atomic mass is 10.1. The number of halogens is 4. The third-order valence-corrected chi connectivity index (χ3v) is 6.96. The van der Waals surface area contributed by atoms with E-state index in [1.165, 1.54) is 27.5 Å². The molecule has 0 saturated heterocycles. The number of aryl methyl sites for hydroxylation is 2. The monoisotopic (exact) mass is 500 g/mol. The molecule has 0 bridgehead atoms. The average Bonchev–Trinajstić information content (AvgIpc) is 3.36. The van der Waals surface area contributed by atoms with Gasteiger partial charge in [0.15, 0.2) is 16.7 Å². The van der Waals surface area contributed by atoms with Crippen molar-refractivity contribution >= 4 is 43.9 Å². The van der Waals surface area contributed by atoms with Gasteiger partial charge in [0, 0.05) is 29.9 Å². The van der Waals surface area contributed by atoms with Crippen LogP contribution in [0.15, 0.2) is 28.4 Å². The van der Waals surface area contributed by atoms with Crippen molar-refractivity contribution in [1.29, 1.82) is 0 Å². The Hall–Kier alpha value is -3.19. The number of thiophene rings is 1. The van der Waals surface area contributed by atoms with E-state index in [1.807, 2.05) is 6.92 Å². The number of carbonyl (C=O) groups is 1. The Balaban J connectivity index is 1.51. The Morgan fingerprint density at radius 1 is 1.24 bits per heavy atom. The normalized spacial score (nSPS) is 11.8. The molecule has 0 saturated carbocycles. The maximum absolute atomic E-state index is 14.0. The van der Waals surface area contributed by atoms with Gasteiger partial charge in [0.2, 0.25) is 5.91 Å². The van der Waals surface area contributed by atoms with Crippen molar-refractivity contribution in [2.24, 2.45) is 14.1 Å². The predicted octanol–water partition coefficient (Wildman–Crippen LogP) is 4.59. The third kappa shape index (κ3) is 4.50. The minimum atomic E-state index is -5.00. The van der Waals surface area contributed by atoms with Crippen LogP contribution in [0.4, 0.5) is 22.7 Å². The minimum absolute atomic E-state index is 0.0297. The Bertz CT molecular complexity index is 1430. The Morgan fingerprint density at radius 3 is 2.64 bits per heavy atom. The van der Waals surface area contributed by atoms with E-state index in [4.69, 9.17) is 0 Å². The highest BCUT2D eigenvalue weighted by Crippen LogP contribution is 2.32. The fourth-order valence-corrected chi connectivity index (χ4v) is 5.20. The second-order valence-corrected chi connectivity index (χ2v) is 9.19. The van der Waals surface area contributed by atoms with Crippen LogP contribution >= 0.6 is 22.7 Å². The maximum Gasteiger partial charge on any atom is 0.573 e. The Labute approximate surface area is 191 Å². The van der Waals surface area contributed by atoms with E-state index in [9.17, 15) is 27.2 Å². The lowest BCUT2D eigenvalue weighted by Crippen LogP contribution is -2.19. The van der Waals surface area contributed by atoms with Gasteiger partial charge >= 0.3 is 6.36 Å². The summed E-state index contributed by atoms with van der Waals surface area (Å²) in [4.78, 5) is 31.0. The number of rotatable bonds is 5. The molecular weight excluding hydrogens is 484 g/mol. The number of aromatic nitrogens is 3. The fraction of sp³-hybridized carbons (Fsp3) is 0.250. The Kier molecular flexibility index (Phi) is 5.78. The summed E-state index contributed by atoms with van der Waals surface area (Å²) in [5.74, 6) is -2.52. The van der Waals surface area contributed by atoms with Crippen molar-refractivity contribution in [3.63, 3.8) is 0 Å². The molecule has 0 radical (unpaired) electrons. The van der Waals surface area contributed by atoms with Crippen LogP contribution in [-0.4, -0.2) is 26.6 Å². The summed E-state index contributed by atoms with van der Waals surface area (Å²) >= 11 is 2.51. The van der Waals surface area contributed by atoms with Crippen LogP contribution in [-0.2, 0) is 25.3 Å². The van der Waals surface area contributed by atoms with E-state index in [-0.39, 0.29) is 34.3 Å². The van der Waals surface area contributed by atoms with Crippen LogP contribution in [0.25, 0.3) is 21.5 Å². The van der Waals surface area contributed by atoms with E-state index in [1.54, 1.807) is 18.8 Å². The molecular formula is C20H16F4N4O3S2. The summed E-state index contributed by atoms with van der Waals surface area (Å²) in [6.45, 7) is 1.84.